The van der Waals surface area contributed by atoms with Gasteiger partial charge in [0.1, 0.15) is 0 Å². The maximum Gasteiger partial charge on any atom is 0.276 e. The lowest BCUT2D eigenvalue weighted by molar-refractivity contribution is 0.0305. The number of hydrogen-bond acceptors (Lipinski definition) is 6. The van der Waals surface area contributed by atoms with Crippen molar-refractivity contribution in [3.8, 4) is 0 Å². The maximum atomic E-state index is 12.6. The van der Waals surface area contributed by atoms with Gasteiger partial charge in [-0.15, -0.1) is 0 Å². The van der Waals surface area contributed by atoms with Crippen molar-refractivity contribution in [3.63, 3.8) is 0 Å². The van der Waals surface area contributed by atoms with Gasteiger partial charge in [0.15, 0.2) is 11.5 Å². The summed E-state index contributed by atoms with van der Waals surface area (Å²) in [7, 11) is 1.76. The van der Waals surface area contributed by atoms with E-state index >= 15 is 0 Å². The molecule has 1 amide bonds. The standard InChI is InChI=1S/C17H22N4O3/c1-13(14-4-3-5-18-11-14)20(2)17(22)16-10-15(24-19-16)12-21-6-8-23-9-7-21/h3-5,10-11,13H,6-9,12H2,1-2H3. The normalized spacial score (nSPS) is 16.8. The molecule has 0 aromatic carbocycles. The lowest BCUT2D eigenvalue weighted by Gasteiger charge is -2.25. The van der Waals surface area contributed by atoms with Gasteiger partial charge in [0, 0.05) is 38.6 Å². The Morgan fingerprint density at radius 3 is 2.92 bits per heavy atom. The first-order valence-corrected chi connectivity index (χ1v) is 8.08. The third kappa shape index (κ3) is 3.80. The van der Waals surface area contributed by atoms with Gasteiger partial charge in [-0.2, -0.15) is 0 Å². The van der Waals surface area contributed by atoms with Crippen LogP contribution in [0.2, 0.25) is 0 Å². The highest BCUT2D eigenvalue weighted by atomic mass is 16.5. The number of aromatic nitrogens is 2. The minimum atomic E-state index is -0.164. The molecule has 0 spiro atoms. The number of rotatable bonds is 5. The Kier molecular flexibility index (Phi) is 5.22. The number of amides is 1. The van der Waals surface area contributed by atoms with Crippen LogP contribution < -0.4 is 0 Å². The number of morpholine rings is 1. The number of pyridine rings is 1. The van der Waals surface area contributed by atoms with Gasteiger partial charge in [-0.3, -0.25) is 14.7 Å². The predicted molar refractivity (Wildman–Crippen MR) is 87.3 cm³/mol. The summed E-state index contributed by atoms with van der Waals surface area (Å²) >= 11 is 0. The van der Waals surface area contributed by atoms with E-state index in [1.165, 1.54) is 0 Å². The second-order valence-corrected chi connectivity index (χ2v) is 5.95. The summed E-state index contributed by atoms with van der Waals surface area (Å²) in [6.45, 7) is 5.79. The molecule has 128 valence electrons. The van der Waals surface area contributed by atoms with Crippen LogP contribution >= 0.6 is 0 Å². The molecule has 0 bridgehead atoms. The minimum Gasteiger partial charge on any atom is -0.379 e. The van der Waals surface area contributed by atoms with Crippen molar-refractivity contribution in [1.82, 2.24) is 19.9 Å². The van der Waals surface area contributed by atoms with Crippen molar-refractivity contribution >= 4 is 5.91 Å². The summed E-state index contributed by atoms with van der Waals surface area (Å²) in [4.78, 5) is 20.6. The van der Waals surface area contributed by atoms with Gasteiger partial charge in [-0.05, 0) is 18.6 Å². The van der Waals surface area contributed by atoms with Crippen molar-refractivity contribution in [2.75, 3.05) is 33.4 Å². The van der Waals surface area contributed by atoms with Crippen LogP contribution in [0.1, 0.15) is 34.8 Å². The molecule has 1 aliphatic rings. The van der Waals surface area contributed by atoms with Crippen molar-refractivity contribution in [2.45, 2.75) is 19.5 Å². The van der Waals surface area contributed by atoms with Gasteiger partial charge in [-0.1, -0.05) is 11.2 Å². The molecular weight excluding hydrogens is 308 g/mol. The average Bonchev–Trinajstić information content (AvgIpc) is 3.10. The quantitative estimate of drug-likeness (QED) is 0.831. The SMILES string of the molecule is CC(c1cccnc1)N(C)C(=O)c1cc(CN2CCOCC2)on1. The average molecular weight is 330 g/mol. The van der Waals surface area contributed by atoms with Gasteiger partial charge in [0.05, 0.1) is 25.8 Å². The second-order valence-electron chi connectivity index (χ2n) is 5.95. The van der Waals surface area contributed by atoms with Crippen molar-refractivity contribution in [1.29, 1.82) is 0 Å². The zero-order chi connectivity index (χ0) is 16.9. The Morgan fingerprint density at radius 2 is 2.21 bits per heavy atom. The van der Waals surface area contributed by atoms with Gasteiger partial charge < -0.3 is 14.2 Å². The summed E-state index contributed by atoms with van der Waals surface area (Å²) < 4.78 is 10.7. The lowest BCUT2D eigenvalue weighted by Crippen LogP contribution is -2.35. The lowest BCUT2D eigenvalue weighted by atomic mass is 10.1. The van der Waals surface area contributed by atoms with Gasteiger partial charge in [0.25, 0.3) is 5.91 Å². The second kappa shape index (κ2) is 7.55. The first-order chi connectivity index (χ1) is 11.6. The maximum absolute atomic E-state index is 12.6. The highest BCUT2D eigenvalue weighted by molar-refractivity contribution is 5.92. The molecule has 7 nitrogen and oxygen atoms in total. The molecule has 0 radical (unpaired) electrons. The summed E-state index contributed by atoms with van der Waals surface area (Å²) in [5.41, 5.74) is 1.31. The molecule has 3 heterocycles. The molecular formula is C17H22N4O3. The van der Waals surface area contributed by atoms with Crippen LogP contribution in [0.3, 0.4) is 0 Å². The van der Waals surface area contributed by atoms with Gasteiger partial charge >= 0.3 is 0 Å². The number of nitrogens with zero attached hydrogens (tertiary/aromatic N) is 4. The Labute approximate surface area is 141 Å². The largest absolute Gasteiger partial charge is 0.379 e. The molecule has 0 saturated carbocycles. The molecule has 24 heavy (non-hydrogen) atoms. The smallest absolute Gasteiger partial charge is 0.276 e. The van der Waals surface area contributed by atoms with Gasteiger partial charge in [0.2, 0.25) is 0 Å². The summed E-state index contributed by atoms with van der Waals surface area (Å²) in [5.74, 6) is 0.533. The van der Waals surface area contributed by atoms with Crippen LogP contribution in [0.5, 0.6) is 0 Å². The van der Waals surface area contributed by atoms with Crippen molar-refractivity contribution in [3.05, 3.63) is 47.6 Å². The molecule has 1 aliphatic heterocycles. The fourth-order valence-corrected chi connectivity index (χ4v) is 2.67. The van der Waals surface area contributed by atoms with E-state index in [0.717, 1.165) is 31.9 Å². The number of carbonyl (C=O) groups excluding carboxylic acids is 1. The van der Waals surface area contributed by atoms with E-state index in [-0.39, 0.29) is 11.9 Å². The summed E-state index contributed by atoms with van der Waals surface area (Å²) in [6.07, 6.45) is 3.48. The summed E-state index contributed by atoms with van der Waals surface area (Å²) in [6, 6.07) is 5.45. The molecule has 1 atom stereocenters. The van der Waals surface area contributed by atoms with Crippen LogP contribution in [-0.4, -0.2) is 59.2 Å². The summed E-state index contributed by atoms with van der Waals surface area (Å²) in [5, 5.41) is 3.94. The third-order valence-electron chi connectivity index (χ3n) is 4.33. The molecule has 2 aromatic heterocycles. The number of carbonyl (C=O) groups is 1. The van der Waals surface area contributed by atoms with Crippen molar-refractivity contribution < 1.29 is 14.1 Å². The molecule has 1 saturated heterocycles. The van der Waals surface area contributed by atoms with Crippen LogP contribution in [0.25, 0.3) is 0 Å². The van der Waals surface area contributed by atoms with E-state index in [1.807, 2.05) is 19.1 Å². The Bertz CT molecular complexity index is 667. The van der Waals surface area contributed by atoms with Crippen molar-refractivity contribution in [2.24, 2.45) is 0 Å². The van der Waals surface area contributed by atoms with E-state index in [4.69, 9.17) is 9.26 Å². The van der Waals surface area contributed by atoms with E-state index in [0.29, 0.717) is 18.0 Å². The van der Waals surface area contributed by atoms with Gasteiger partial charge in [-0.25, -0.2) is 0 Å². The Balaban J connectivity index is 1.64. The number of hydrogen-bond donors (Lipinski definition) is 0. The van der Waals surface area contributed by atoms with E-state index in [2.05, 4.69) is 15.0 Å². The van der Waals surface area contributed by atoms with Crippen LogP contribution in [-0.2, 0) is 11.3 Å². The zero-order valence-corrected chi connectivity index (χ0v) is 14.0. The number of ether oxygens (including phenoxy) is 1. The predicted octanol–water partition coefficient (Wildman–Crippen LogP) is 1.74. The molecule has 2 aromatic rings. The highest BCUT2D eigenvalue weighted by Gasteiger charge is 2.23. The highest BCUT2D eigenvalue weighted by Crippen LogP contribution is 2.20. The third-order valence-corrected chi connectivity index (χ3v) is 4.33. The minimum absolute atomic E-state index is 0.0920. The topological polar surface area (TPSA) is 71.7 Å². The molecule has 3 rings (SSSR count). The Hall–Kier alpha value is -2.25. The van der Waals surface area contributed by atoms with Crippen LogP contribution in [0, 0.1) is 0 Å². The Morgan fingerprint density at radius 1 is 1.42 bits per heavy atom. The fraction of sp³-hybridized carbons (Fsp3) is 0.471. The molecule has 1 fully saturated rings. The van der Waals surface area contributed by atoms with E-state index in [1.54, 1.807) is 30.4 Å². The first kappa shape index (κ1) is 16.6. The molecule has 1 unspecified atom stereocenters. The molecule has 7 heteroatoms. The van der Waals surface area contributed by atoms with E-state index < -0.39 is 0 Å². The zero-order valence-electron chi connectivity index (χ0n) is 14.0. The fourth-order valence-electron chi connectivity index (χ4n) is 2.67. The van der Waals surface area contributed by atoms with Crippen LogP contribution in [0.4, 0.5) is 0 Å². The first-order valence-electron chi connectivity index (χ1n) is 8.08. The van der Waals surface area contributed by atoms with E-state index in [9.17, 15) is 4.79 Å². The molecule has 0 N–H and O–H groups in total. The molecule has 0 aliphatic carbocycles. The monoisotopic (exact) mass is 330 g/mol. The van der Waals surface area contributed by atoms with Crippen LogP contribution in [0.15, 0.2) is 35.1 Å².